The van der Waals surface area contributed by atoms with Crippen LogP contribution in [-0.4, -0.2) is 24.9 Å². The average molecular weight is 230 g/mol. The van der Waals surface area contributed by atoms with E-state index in [1.807, 2.05) is 18.2 Å². The molecule has 0 saturated heterocycles. The van der Waals surface area contributed by atoms with E-state index < -0.39 is 0 Å². The van der Waals surface area contributed by atoms with Gasteiger partial charge in [0.15, 0.2) is 0 Å². The van der Waals surface area contributed by atoms with E-state index in [0.717, 1.165) is 0 Å². The molecule has 0 aromatic heterocycles. The van der Waals surface area contributed by atoms with E-state index >= 15 is 0 Å². The molecule has 2 heteroatoms. The minimum Gasteiger partial charge on any atom is -0.393 e. The molecule has 0 bridgehead atoms. The summed E-state index contributed by atoms with van der Waals surface area (Å²) in [5, 5.41) is 12.4. The van der Waals surface area contributed by atoms with Crippen molar-refractivity contribution in [1.29, 1.82) is 0 Å². The normalized spacial score (nSPS) is 12.8. The van der Waals surface area contributed by atoms with Gasteiger partial charge in [-0.2, -0.15) is 0 Å². The van der Waals surface area contributed by atoms with Crippen molar-refractivity contribution >= 4 is 10.8 Å². The third kappa shape index (κ3) is 3.05. The molecule has 17 heavy (non-hydrogen) atoms. The standard InChI is InChI=1S/C15H18O2/c1-17-10-9-14(16)11-13-7-4-6-12-5-2-3-8-15(12)13/h2-8,14,16H,9-11H2,1H3. The summed E-state index contributed by atoms with van der Waals surface area (Å²) in [7, 11) is 1.66. The lowest BCUT2D eigenvalue weighted by Crippen LogP contribution is -2.13. The number of benzene rings is 2. The fourth-order valence-corrected chi connectivity index (χ4v) is 2.08. The first-order chi connectivity index (χ1) is 8.31. The third-order valence-electron chi connectivity index (χ3n) is 2.99. The lowest BCUT2D eigenvalue weighted by atomic mass is 9.99. The first kappa shape index (κ1) is 12.1. The molecule has 0 amide bonds. The van der Waals surface area contributed by atoms with E-state index in [1.165, 1.54) is 16.3 Å². The summed E-state index contributed by atoms with van der Waals surface area (Å²) in [6.45, 7) is 0.603. The molecule has 0 spiro atoms. The number of aliphatic hydroxyl groups is 1. The molecule has 1 unspecified atom stereocenters. The number of rotatable bonds is 5. The Balaban J connectivity index is 2.18. The van der Waals surface area contributed by atoms with E-state index in [-0.39, 0.29) is 6.10 Å². The highest BCUT2D eigenvalue weighted by Crippen LogP contribution is 2.20. The minimum atomic E-state index is -0.333. The Morgan fingerprint density at radius 2 is 1.88 bits per heavy atom. The average Bonchev–Trinajstić information content (AvgIpc) is 2.37. The van der Waals surface area contributed by atoms with Crippen LogP contribution < -0.4 is 0 Å². The van der Waals surface area contributed by atoms with Crippen LogP contribution in [0.15, 0.2) is 42.5 Å². The molecule has 2 aromatic rings. The quantitative estimate of drug-likeness (QED) is 0.855. The van der Waals surface area contributed by atoms with Gasteiger partial charge in [-0.25, -0.2) is 0 Å². The van der Waals surface area contributed by atoms with Gasteiger partial charge in [0.1, 0.15) is 0 Å². The molecule has 1 atom stereocenters. The maximum absolute atomic E-state index is 9.91. The molecular formula is C15H18O2. The van der Waals surface area contributed by atoms with Gasteiger partial charge in [-0.1, -0.05) is 42.5 Å². The van der Waals surface area contributed by atoms with Crippen molar-refractivity contribution in [1.82, 2.24) is 0 Å². The molecule has 0 aliphatic rings. The van der Waals surface area contributed by atoms with Gasteiger partial charge < -0.3 is 9.84 Å². The van der Waals surface area contributed by atoms with Crippen molar-refractivity contribution in [2.45, 2.75) is 18.9 Å². The summed E-state index contributed by atoms with van der Waals surface area (Å²) >= 11 is 0. The first-order valence-corrected chi connectivity index (χ1v) is 5.95. The van der Waals surface area contributed by atoms with Crippen LogP contribution in [0.1, 0.15) is 12.0 Å². The second kappa shape index (κ2) is 5.80. The van der Waals surface area contributed by atoms with Crippen molar-refractivity contribution < 1.29 is 9.84 Å². The van der Waals surface area contributed by atoms with Gasteiger partial charge >= 0.3 is 0 Å². The zero-order chi connectivity index (χ0) is 12.1. The zero-order valence-electron chi connectivity index (χ0n) is 10.1. The highest BCUT2D eigenvalue weighted by Gasteiger charge is 2.07. The maximum atomic E-state index is 9.91. The molecule has 2 aromatic carbocycles. The van der Waals surface area contributed by atoms with Crippen LogP contribution in [0.25, 0.3) is 10.8 Å². The second-order valence-electron chi connectivity index (χ2n) is 4.28. The Bertz CT molecular complexity index is 474. The number of ether oxygens (including phenoxy) is 1. The smallest absolute Gasteiger partial charge is 0.0602 e. The molecular weight excluding hydrogens is 212 g/mol. The van der Waals surface area contributed by atoms with Gasteiger partial charge in [0.05, 0.1) is 6.10 Å². The van der Waals surface area contributed by atoms with Gasteiger partial charge in [-0.3, -0.25) is 0 Å². The van der Waals surface area contributed by atoms with Crippen molar-refractivity contribution in [3.05, 3.63) is 48.0 Å². The Morgan fingerprint density at radius 3 is 2.71 bits per heavy atom. The van der Waals surface area contributed by atoms with Gasteiger partial charge in [0.2, 0.25) is 0 Å². The Hall–Kier alpha value is -1.38. The van der Waals surface area contributed by atoms with E-state index in [9.17, 15) is 5.11 Å². The fourth-order valence-electron chi connectivity index (χ4n) is 2.08. The maximum Gasteiger partial charge on any atom is 0.0602 e. The molecule has 0 radical (unpaired) electrons. The van der Waals surface area contributed by atoms with Gasteiger partial charge in [0, 0.05) is 13.7 Å². The minimum absolute atomic E-state index is 0.333. The van der Waals surface area contributed by atoms with Crippen LogP contribution in [0.2, 0.25) is 0 Å². The summed E-state index contributed by atoms with van der Waals surface area (Å²) in [6, 6.07) is 14.5. The molecule has 0 saturated carbocycles. The topological polar surface area (TPSA) is 29.5 Å². The Labute approximate surface area is 102 Å². The van der Waals surface area contributed by atoms with Crippen LogP contribution >= 0.6 is 0 Å². The van der Waals surface area contributed by atoms with E-state index in [1.54, 1.807) is 7.11 Å². The third-order valence-corrected chi connectivity index (χ3v) is 2.99. The van der Waals surface area contributed by atoms with Crippen molar-refractivity contribution in [3.63, 3.8) is 0 Å². The Kier molecular flexibility index (Phi) is 4.13. The SMILES string of the molecule is COCCC(O)Cc1cccc2ccccc12. The lowest BCUT2D eigenvalue weighted by Gasteiger charge is -2.12. The van der Waals surface area contributed by atoms with Crippen LogP contribution in [0.3, 0.4) is 0 Å². The summed E-state index contributed by atoms with van der Waals surface area (Å²) in [5.41, 5.74) is 1.20. The van der Waals surface area contributed by atoms with E-state index in [4.69, 9.17) is 4.74 Å². The summed E-state index contributed by atoms with van der Waals surface area (Å²) < 4.78 is 4.98. The molecule has 2 rings (SSSR count). The molecule has 0 aliphatic heterocycles. The number of methoxy groups -OCH3 is 1. The van der Waals surface area contributed by atoms with Crippen molar-refractivity contribution in [2.75, 3.05) is 13.7 Å². The molecule has 90 valence electrons. The highest BCUT2D eigenvalue weighted by atomic mass is 16.5. The molecule has 1 N–H and O–H groups in total. The molecule has 0 heterocycles. The summed E-state index contributed by atoms with van der Waals surface area (Å²) in [6.07, 6.45) is 1.03. The highest BCUT2D eigenvalue weighted by molar-refractivity contribution is 5.85. The first-order valence-electron chi connectivity index (χ1n) is 5.95. The van der Waals surface area contributed by atoms with E-state index in [0.29, 0.717) is 19.4 Å². The van der Waals surface area contributed by atoms with Gasteiger partial charge in [-0.15, -0.1) is 0 Å². The van der Waals surface area contributed by atoms with Crippen LogP contribution in [0.4, 0.5) is 0 Å². The fraction of sp³-hybridized carbons (Fsp3) is 0.333. The van der Waals surface area contributed by atoms with Crippen molar-refractivity contribution in [3.8, 4) is 0 Å². The van der Waals surface area contributed by atoms with Gasteiger partial charge in [-0.05, 0) is 29.2 Å². The lowest BCUT2D eigenvalue weighted by molar-refractivity contribution is 0.110. The number of hydrogen-bond donors (Lipinski definition) is 1. The van der Waals surface area contributed by atoms with Crippen LogP contribution in [0, 0.1) is 0 Å². The molecule has 0 fully saturated rings. The second-order valence-corrected chi connectivity index (χ2v) is 4.28. The Morgan fingerprint density at radius 1 is 1.12 bits per heavy atom. The number of aliphatic hydroxyl groups excluding tert-OH is 1. The van der Waals surface area contributed by atoms with Crippen LogP contribution in [-0.2, 0) is 11.2 Å². The zero-order valence-corrected chi connectivity index (χ0v) is 10.1. The summed E-state index contributed by atoms with van der Waals surface area (Å²) in [5.74, 6) is 0. The van der Waals surface area contributed by atoms with E-state index in [2.05, 4.69) is 24.3 Å². The predicted octanol–water partition coefficient (Wildman–Crippen LogP) is 2.78. The monoisotopic (exact) mass is 230 g/mol. The summed E-state index contributed by atoms with van der Waals surface area (Å²) in [4.78, 5) is 0. The predicted molar refractivity (Wildman–Crippen MR) is 70.2 cm³/mol. The van der Waals surface area contributed by atoms with Crippen molar-refractivity contribution in [2.24, 2.45) is 0 Å². The van der Waals surface area contributed by atoms with Crippen LogP contribution in [0.5, 0.6) is 0 Å². The van der Waals surface area contributed by atoms with Gasteiger partial charge in [0.25, 0.3) is 0 Å². The largest absolute Gasteiger partial charge is 0.393 e. The molecule has 2 nitrogen and oxygen atoms in total. The molecule has 0 aliphatic carbocycles. The number of hydrogen-bond acceptors (Lipinski definition) is 2. The number of fused-ring (bicyclic) bond motifs is 1.